The van der Waals surface area contributed by atoms with Crippen LogP contribution in [0.15, 0.2) is 59.5 Å². The van der Waals surface area contributed by atoms with E-state index in [-0.39, 0.29) is 0 Å². The molecule has 2 aromatic carbocycles. The van der Waals surface area contributed by atoms with Gasteiger partial charge in [0.2, 0.25) is 0 Å². The van der Waals surface area contributed by atoms with E-state index in [1.807, 2.05) is 18.2 Å². The molecule has 3 rings (SSSR count). The molecular formula is C17H16F3NS. The molecule has 1 heterocycles. The molecule has 0 aromatic heterocycles. The first kappa shape index (κ1) is 15.4. The molecule has 0 unspecified atom stereocenters. The lowest BCUT2D eigenvalue weighted by molar-refractivity contribution is -0.137. The molecule has 0 spiro atoms. The highest BCUT2D eigenvalue weighted by atomic mass is 32.2. The Kier molecular flexibility index (Phi) is 4.45. The highest BCUT2D eigenvalue weighted by Gasteiger charge is 2.31. The Morgan fingerprint density at radius 2 is 1.59 bits per heavy atom. The fourth-order valence-corrected chi connectivity index (χ4v) is 3.73. The van der Waals surface area contributed by atoms with Gasteiger partial charge in [-0.15, -0.1) is 11.8 Å². The number of hydrogen-bond donors (Lipinski definition) is 0. The van der Waals surface area contributed by atoms with Crippen LogP contribution in [0.1, 0.15) is 11.1 Å². The molecule has 1 nitrogen and oxygen atoms in total. The van der Waals surface area contributed by atoms with Gasteiger partial charge in [-0.1, -0.05) is 30.3 Å². The van der Waals surface area contributed by atoms with E-state index in [4.69, 9.17) is 0 Å². The molecule has 0 radical (unpaired) electrons. The first-order chi connectivity index (χ1) is 10.5. The Bertz CT molecular complexity index is 604. The number of alkyl halides is 3. The lowest BCUT2D eigenvalue weighted by atomic mass is 10.1. The molecule has 0 atom stereocenters. The van der Waals surface area contributed by atoms with Crippen molar-refractivity contribution in [1.29, 1.82) is 0 Å². The summed E-state index contributed by atoms with van der Waals surface area (Å²) in [6, 6.07) is 15.7. The van der Waals surface area contributed by atoms with Gasteiger partial charge in [0, 0.05) is 29.8 Å². The van der Waals surface area contributed by atoms with Crippen LogP contribution in [0.5, 0.6) is 0 Å². The molecule has 1 saturated heterocycles. The van der Waals surface area contributed by atoms with Crippen LogP contribution in [0, 0.1) is 0 Å². The second-order valence-corrected chi connectivity index (χ2v) is 6.82. The fourth-order valence-electron chi connectivity index (χ4n) is 2.48. The van der Waals surface area contributed by atoms with Crippen molar-refractivity contribution >= 4 is 11.8 Å². The highest BCUT2D eigenvalue weighted by Crippen LogP contribution is 2.34. The number of hydrogen-bond acceptors (Lipinski definition) is 2. The number of nitrogens with zero attached hydrogens (tertiary/aromatic N) is 1. The predicted octanol–water partition coefficient (Wildman–Crippen LogP) is 4.68. The van der Waals surface area contributed by atoms with Crippen molar-refractivity contribution in [2.75, 3.05) is 13.1 Å². The first-order valence-corrected chi connectivity index (χ1v) is 7.99. The van der Waals surface area contributed by atoms with E-state index < -0.39 is 11.7 Å². The van der Waals surface area contributed by atoms with Crippen molar-refractivity contribution in [3.05, 3.63) is 65.7 Å². The van der Waals surface area contributed by atoms with E-state index in [0.717, 1.165) is 36.7 Å². The third kappa shape index (κ3) is 3.84. The summed E-state index contributed by atoms with van der Waals surface area (Å²) in [6.45, 7) is 2.88. The Labute approximate surface area is 132 Å². The molecule has 0 amide bonds. The summed E-state index contributed by atoms with van der Waals surface area (Å²) in [5.41, 5.74) is 0.705. The zero-order valence-electron chi connectivity index (χ0n) is 11.9. The second-order valence-electron chi connectivity index (χ2n) is 5.44. The normalized spacial score (nSPS) is 16.5. The van der Waals surface area contributed by atoms with Crippen LogP contribution in [0.2, 0.25) is 0 Å². The third-order valence-corrected chi connectivity index (χ3v) is 4.83. The second kappa shape index (κ2) is 6.34. The van der Waals surface area contributed by atoms with E-state index in [9.17, 15) is 13.2 Å². The van der Waals surface area contributed by atoms with Crippen molar-refractivity contribution in [1.82, 2.24) is 4.90 Å². The molecule has 1 aliphatic rings. The van der Waals surface area contributed by atoms with Gasteiger partial charge in [0.15, 0.2) is 0 Å². The minimum Gasteiger partial charge on any atom is -0.297 e. The molecular weight excluding hydrogens is 307 g/mol. The van der Waals surface area contributed by atoms with Gasteiger partial charge in [0.25, 0.3) is 0 Å². The van der Waals surface area contributed by atoms with Gasteiger partial charge in [-0.05, 0) is 29.8 Å². The number of likely N-dealkylation sites (tertiary alicyclic amines) is 1. The van der Waals surface area contributed by atoms with Crippen molar-refractivity contribution in [3.63, 3.8) is 0 Å². The Morgan fingerprint density at radius 1 is 0.955 bits per heavy atom. The summed E-state index contributed by atoms with van der Waals surface area (Å²) >= 11 is 1.66. The van der Waals surface area contributed by atoms with Crippen LogP contribution in [-0.2, 0) is 12.7 Å². The zero-order valence-corrected chi connectivity index (χ0v) is 12.7. The Morgan fingerprint density at radius 3 is 2.18 bits per heavy atom. The van der Waals surface area contributed by atoms with Gasteiger partial charge in [0.1, 0.15) is 0 Å². The van der Waals surface area contributed by atoms with Crippen molar-refractivity contribution < 1.29 is 13.2 Å². The summed E-state index contributed by atoms with van der Waals surface area (Å²) in [5, 5.41) is 0.459. The molecule has 0 saturated carbocycles. The van der Waals surface area contributed by atoms with Crippen LogP contribution in [-0.4, -0.2) is 23.2 Å². The van der Waals surface area contributed by atoms with E-state index in [2.05, 4.69) is 17.0 Å². The standard InChI is InChI=1S/C17H16F3NS/c18-17(19,20)14-6-8-15(9-7-14)22-16-11-21(12-16)10-13-4-2-1-3-5-13/h1-9,16H,10-12H2. The monoisotopic (exact) mass is 323 g/mol. The van der Waals surface area contributed by atoms with Crippen molar-refractivity contribution in [2.24, 2.45) is 0 Å². The summed E-state index contributed by atoms with van der Waals surface area (Å²) in [5.74, 6) is 0. The average molecular weight is 323 g/mol. The third-order valence-electron chi connectivity index (χ3n) is 3.66. The molecule has 2 aromatic rings. The van der Waals surface area contributed by atoms with E-state index >= 15 is 0 Å². The maximum atomic E-state index is 12.5. The first-order valence-electron chi connectivity index (χ1n) is 7.11. The van der Waals surface area contributed by atoms with E-state index in [1.165, 1.54) is 5.56 Å². The maximum Gasteiger partial charge on any atom is 0.416 e. The minimum absolute atomic E-state index is 0.459. The number of thioether (sulfide) groups is 1. The van der Waals surface area contributed by atoms with Crippen LogP contribution < -0.4 is 0 Å². The van der Waals surface area contributed by atoms with Crippen molar-refractivity contribution in [2.45, 2.75) is 22.9 Å². The number of rotatable bonds is 4. The Hall–Kier alpha value is -1.46. The van der Waals surface area contributed by atoms with Crippen LogP contribution in [0.4, 0.5) is 13.2 Å². The summed E-state index contributed by atoms with van der Waals surface area (Å²) in [6.07, 6.45) is -4.26. The molecule has 5 heteroatoms. The summed E-state index contributed by atoms with van der Waals surface area (Å²) in [4.78, 5) is 3.24. The summed E-state index contributed by atoms with van der Waals surface area (Å²) in [7, 11) is 0. The smallest absolute Gasteiger partial charge is 0.297 e. The number of halogens is 3. The van der Waals surface area contributed by atoms with Gasteiger partial charge in [0.05, 0.1) is 5.56 Å². The summed E-state index contributed by atoms with van der Waals surface area (Å²) < 4.78 is 37.5. The minimum atomic E-state index is -4.26. The molecule has 1 aliphatic heterocycles. The SMILES string of the molecule is FC(F)(F)c1ccc(SC2CN(Cc3ccccc3)C2)cc1. The molecule has 22 heavy (non-hydrogen) atoms. The van der Waals surface area contributed by atoms with Gasteiger partial charge in [-0.25, -0.2) is 0 Å². The van der Waals surface area contributed by atoms with Gasteiger partial charge >= 0.3 is 6.18 Å². The van der Waals surface area contributed by atoms with Gasteiger partial charge in [-0.3, -0.25) is 4.90 Å². The molecule has 1 fully saturated rings. The van der Waals surface area contributed by atoms with Gasteiger partial charge < -0.3 is 0 Å². The zero-order chi connectivity index (χ0) is 15.6. The van der Waals surface area contributed by atoms with Crippen LogP contribution in [0.25, 0.3) is 0 Å². The molecule has 0 bridgehead atoms. The maximum absolute atomic E-state index is 12.5. The molecule has 0 N–H and O–H groups in total. The average Bonchev–Trinajstić information content (AvgIpc) is 2.46. The predicted molar refractivity (Wildman–Crippen MR) is 82.8 cm³/mol. The Balaban J connectivity index is 1.48. The number of benzene rings is 2. The van der Waals surface area contributed by atoms with Gasteiger partial charge in [-0.2, -0.15) is 13.2 Å². The largest absolute Gasteiger partial charge is 0.416 e. The van der Waals surface area contributed by atoms with E-state index in [1.54, 1.807) is 23.9 Å². The van der Waals surface area contributed by atoms with Crippen LogP contribution >= 0.6 is 11.8 Å². The quantitative estimate of drug-likeness (QED) is 0.803. The fraction of sp³-hybridized carbons (Fsp3) is 0.294. The molecule has 0 aliphatic carbocycles. The van der Waals surface area contributed by atoms with E-state index in [0.29, 0.717) is 5.25 Å². The topological polar surface area (TPSA) is 3.24 Å². The lowest BCUT2D eigenvalue weighted by Gasteiger charge is -2.38. The van der Waals surface area contributed by atoms with Crippen molar-refractivity contribution in [3.8, 4) is 0 Å². The lowest BCUT2D eigenvalue weighted by Crippen LogP contribution is -2.48. The van der Waals surface area contributed by atoms with Crippen LogP contribution in [0.3, 0.4) is 0 Å². The highest BCUT2D eigenvalue weighted by molar-refractivity contribution is 8.00. The molecule has 116 valence electrons.